The SMILES string of the molecule is C=CCN1C(=O)C(C#N)=C(C)/C(=C\c2ccc(-c3ccc(C(C)=O)cc3)o2)C1=O. The third kappa shape index (κ3) is 3.71. The zero-order valence-corrected chi connectivity index (χ0v) is 16.1. The molecule has 6 heteroatoms. The lowest BCUT2D eigenvalue weighted by molar-refractivity contribution is -0.139. The van der Waals surface area contributed by atoms with Gasteiger partial charge in [0.2, 0.25) is 0 Å². The van der Waals surface area contributed by atoms with E-state index in [1.807, 2.05) is 6.07 Å². The zero-order chi connectivity index (χ0) is 21.1. The minimum absolute atomic E-state index is 0.0133. The first-order chi connectivity index (χ1) is 13.9. The van der Waals surface area contributed by atoms with Gasteiger partial charge in [0.15, 0.2) is 5.78 Å². The van der Waals surface area contributed by atoms with Gasteiger partial charge in [0, 0.05) is 23.2 Å². The van der Waals surface area contributed by atoms with E-state index >= 15 is 0 Å². The van der Waals surface area contributed by atoms with Gasteiger partial charge < -0.3 is 4.42 Å². The summed E-state index contributed by atoms with van der Waals surface area (Å²) < 4.78 is 5.82. The summed E-state index contributed by atoms with van der Waals surface area (Å²) in [7, 11) is 0. The molecule has 1 aromatic heterocycles. The Balaban J connectivity index is 1.99. The van der Waals surface area contributed by atoms with Crippen LogP contribution in [-0.2, 0) is 9.59 Å². The lowest BCUT2D eigenvalue weighted by Gasteiger charge is -2.26. The molecule has 0 saturated carbocycles. The molecule has 0 fully saturated rings. The molecule has 0 spiro atoms. The smallest absolute Gasteiger partial charge is 0.271 e. The van der Waals surface area contributed by atoms with Gasteiger partial charge >= 0.3 is 0 Å². The Hall–Kier alpha value is -3.98. The molecule has 29 heavy (non-hydrogen) atoms. The van der Waals surface area contributed by atoms with Gasteiger partial charge in [0.1, 0.15) is 23.2 Å². The van der Waals surface area contributed by atoms with Crippen molar-refractivity contribution in [2.24, 2.45) is 0 Å². The molecule has 2 heterocycles. The number of carbonyl (C=O) groups excluding carboxylic acids is 3. The van der Waals surface area contributed by atoms with Gasteiger partial charge in [0.25, 0.3) is 11.8 Å². The van der Waals surface area contributed by atoms with E-state index in [1.54, 1.807) is 43.3 Å². The maximum Gasteiger partial charge on any atom is 0.271 e. The van der Waals surface area contributed by atoms with Gasteiger partial charge in [-0.3, -0.25) is 19.3 Å². The number of nitriles is 1. The summed E-state index contributed by atoms with van der Waals surface area (Å²) in [6.07, 6.45) is 2.95. The number of Topliss-reactive ketones (excluding diaryl/α,β-unsaturated/α-hetero) is 1. The second kappa shape index (κ2) is 7.95. The van der Waals surface area contributed by atoms with E-state index in [9.17, 15) is 19.6 Å². The van der Waals surface area contributed by atoms with Crippen molar-refractivity contribution in [3.63, 3.8) is 0 Å². The Labute approximate surface area is 168 Å². The van der Waals surface area contributed by atoms with Crippen LogP contribution in [0.25, 0.3) is 17.4 Å². The third-order valence-electron chi connectivity index (χ3n) is 4.63. The molecule has 1 aliphatic heterocycles. The van der Waals surface area contributed by atoms with E-state index in [0.29, 0.717) is 22.7 Å². The molecule has 0 bridgehead atoms. The maximum atomic E-state index is 12.8. The summed E-state index contributed by atoms with van der Waals surface area (Å²) in [5.74, 6) is -0.181. The van der Waals surface area contributed by atoms with E-state index in [2.05, 4.69) is 6.58 Å². The van der Waals surface area contributed by atoms with Crippen molar-refractivity contribution in [2.75, 3.05) is 6.54 Å². The normalized spacial score (nSPS) is 15.6. The number of nitrogens with zero attached hydrogens (tertiary/aromatic N) is 2. The van der Waals surface area contributed by atoms with Gasteiger partial charge in [0.05, 0.1) is 0 Å². The lowest BCUT2D eigenvalue weighted by Crippen LogP contribution is -2.42. The number of amides is 2. The van der Waals surface area contributed by atoms with Crippen LogP contribution in [0, 0.1) is 11.3 Å². The van der Waals surface area contributed by atoms with Gasteiger partial charge in [-0.25, -0.2) is 0 Å². The van der Waals surface area contributed by atoms with E-state index in [0.717, 1.165) is 10.5 Å². The first kappa shape index (κ1) is 19.8. The molecule has 2 aromatic rings. The summed E-state index contributed by atoms with van der Waals surface area (Å²) in [4.78, 5) is 37.5. The van der Waals surface area contributed by atoms with Gasteiger partial charge in [-0.2, -0.15) is 5.26 Å². The number of hydrogen-bond acceptors (Lipinski definition) is 5. The summed E-state index contributed by atoms with van der Waals surface area (Å²) >= 11 is 0. The van der Waals surface area contributed by atoms with Crippen molar-refractivity contribution in [2.45, 2.75) is 13.8 Å². The van der Waals surface area contributed by atoms with Gasteiger partial charge in [-0.05, 0) is 37.6 Å². The van der Waals surface area contributed by atoms with Crippen molar-refractivity contribution in [3.8, 4) is 17.4 Å². The Kier molecular flexibility index (Phi) is 5.42. The number of ketones is 1. The van der Waals surface area contributed by atoms with Gasteiger partial charge in [-0.1, -0.05) is 30.3 Å². The van der Waals surface area contributed by atoms with Crippen LogP contribution in [0.4, 0.5) is 0 Å². The first-order valence-corrected chi connectivity index (χ1v) is 8.88. The Morgan fingerprint density at radius 1 is 1.17 bits per heavy atom. The van der Waals surface area contributed by atoms with E-state index < -0.39 is 11.8 Å². The lowest BCUT2D eigenvalue weighted by atomic mass is 9.94. The Morgan fingerprint density at radius 3 is 2.45 bits per heavy atom. The third-order valence-corrected chi connectivity index (χ3v) is 4.63. The molecule has 2 amide bonds. The molecular formula is C23H18N2O4. The molecule has 0 aliphatic carbocycles. The van der Waals surface area contributed by atoms with Crippen molar-refractivity contribution in [1.82, 2.24) is 4.90 Å². The number of furan rings is 1. The minimum atomic E-state index is -0.627. The molecule has 1 aromatic carbocycles. The predicted octanol–water partition coefficient (Wildman–Crippen LogP) is 3.93. The minimum Gasteiger partial charge on any atom is -0.457 e. The predicted molar refractivity (Wildman–Crippen MR) is 107 cm³/mol. The van der Waals surface area contributed by atoms with Crippen molar-refractivity contribution in [1.29, 1.82) is 5.26 Å². The van der Waals surface area contributed by atoms with Crippen LogP contribution >= 0.6 is 0 Å². The van der Waals surface area contributed by atoms with Crippen LogP contribution in [0.1, 0.15) is 30.0 Å². The number of hydrogen-bond donors (Lipinski definition) is 0. The van der Waals surface area contributed by atoms with Crippen LogP contribution in [-0.4, -0.2) is 29.0 Å². The fourth-order valence-corrected chi connectivity index (χ4v) is 3.02. The highest BCUT2D eigenvalue weighted by molar-refractivity contribution is 6.19. The summed E-state index contributed by atoms with van der Waals surface area (Å²) in [5.41, 5.74) is 1.84. The number of benzene rings is 1. The summed E-state index contributed by atoms with van der Waals surface area (Å²) in [6, 6.07) is 12.3. The second-order valence-electron chi connectivity index (χ2n) is 6.51. The topological polar surface area (TPSA) is 91.4 Å². The van der Waals surface area contributed by atoms with Gasteiger partial charge in [-0.15, -0.1) is 6.58 Å². The average molecular weight is 386 g/mol. The van der Waals surface area contributed by atoms with Crippen LogP contribution in [0.2, 0.25) is 0 Å². The van der Waals surface area contributed by atoms with E-state index in [-0.39, 0.29) is 23.5 Å². The van der Waals surface area contributed by atoms with Crippen LogP contribution < -0.4 is 0 Å². The molecule has 1 aliphatic rings. The quantitative estimate of drug-likeness (QED) is 0.336. The monoisotopic (exact) mass is 386 g/mol. The Morgan fingerprint density at radius 2 is 1.86 bits per heavy atom. The van der Waals surface area contributed by atoms with E-state index in [4.69, 9.17) is 4.42 Å². The molecule has 0 unspecified atom stereocenters. The Bertz CT molecular complexity index is 1120. The van der Waals surface area contributed by atoms with Crippen molar-refractivity contribution in [3.05, 3.63) is 77.1 Å². The molecule has 6 nitrogen and oxygen atoms in total. The molecule has 0 atom stereocenters. The summed E-state index contributed by atoms with van der Waals surface area (Å²) in [6.45, 7) is 6.63. The number of carbonyl (C=O) groups is 3. The van der Waals surface area contributed by atoms with Crippen LogP contribution in [0.5, 0.6) is 0 Å². The molecular weight excluding hydrogens is 368 g/mol. The molecule has 3 rings (SSSR count). The van der Waals surface area contributed by atoms with E-state index in [1.165, 1.54) is 19.1 Å². The van der Waals surface area contributed by atoms with Crippen LogP contribution in [0.3, 0.4) is 0 Å². The second-order valence-corrected chi connectivity index (χ2v) is 6.51. The standard InChI is InChI=1S/C23H18N2O4/c1-4-11-25-22(27)19(14(2)20(13-24)23(25)28)12-18-9-10-21(29-18)17-7-5-16(6-8-17)15(3)26/h4-10,12H,1,11H2,2-3H3/b19-12+. The van der Waals surface area contributed by atoms with Crippen molar-refractivity contribution < 1.29 is 18.8 Å². The molecule has 0 radical (unpaired) electrons. The fraction of sp³-hybridized carbons (Fsp3) is 0.130. The highest BCUT2D eigenvalue weighted by atomic mass is 16.3. The molecule has 144 valence electrons. The zero-order valence-electron chi connectivity index (χ0n) is 16.1. The fourth-order valence-electron chi connectivity index (χ4n) is 3.02. The highest BCUT2D eigenvalue weighted by Crippen LogP contribution is 2.29. The largest absolute Gasteiger partial charge is 0.457 e. The molecule has 0 N–H and O–H groups in total. The average Bonchev–Trinajstić information content (AvgIpc) is 3.18. The first-order valence-electron chi connectivity index (χ1n) is 8.88. The molecule has 0 saturated heterocycles. The van der Waals surface area contributed by atoms with Crippen molar-refractivity contribution >= 4 is 23.7 Å². The number of rotatable bonds is 5. The highest BCUT2D eigenvalue weighted by Gasteiger charge is 2.34. The maximum absolute atomic E-state index is 12.8. The number of imide groups is 1. The van der Waals surface area contributed by atoms with Crippen LogP contribution in [0.15, 0.2) is 70.2 Å². The summed E-state index contributed by atoms with van der Waals surface area (Å²) in [5, 5.41) is 9.34.